The number of nitrogens with zero attached hydrogens (tertiary/aromatic N) is 1. The summed E-state index contributed by atoms with van der Waals surface area (Å²) in [5, 5.41) is 3.04. The molecule has 1 heterocycles. The summed E-state index contributed by atoms with van der Waals surface area (Å²) < 4.78 is 0. The number of hydrogen-bond donors (Lipinski definition) is 2. The molecule has 4 nitrogen and oxygen atoms in total. The largest absolute Gasteiger partial charge is 0.368 e. The zero-order chi connectivity index (χ0) is 14.5. The van der Waals surface area contributed by atoms with E-state index in [0.29, 0.717) is 0 Å². The minimum absolute atomic E-state index is 0.254. The van der Waals surface area contributed by atoms with Gasteiger partial charge in [0, 0.05) is 6.54 Å². The van der Waals surface area contributed by atoms with Crippen molar-refractivity contribution in [2.24, 2.45) is 17.6 Å². The minimum atomic E-state index is -0.550. The molecular weight excluding hydrogens is 238 g/mol. The van der Waals surface area contributed by atoms with Crippen molar-refractivity contribution in [1.82, 2.24) is 10.2 Å². The molecule has 19 heavy (non-hydrogen) atoms. The first kappa shape index (κ1) is 16.4. The average molecular weight is 269 g/mol. The Morgan fingerprint density at radius 2 is 2.16 bits per heavy atom. The van der Waals surface area contributed by atoms with Gasteiger partial charge in [0.1, 0.15) is 0 Å². The zero-order valence-corrected chi connectivity index (χ0v) is 13.0. The fourth-order valence-corrected chi connectivity index (χ4v) is 2.80. The van der Waals surface area contributed by atoms with Crippen LogP contribution in [0.15, 0.2) is 0 Å². The van der Waals surface area contributed by atoms with Gasteiger partial charge in [-0.1, -0.05) is 13.8 Å². The molecule has 0 saturated carbocycles. The van der Waals surface area contributed by atoms with E-state index >= 15 is 0 Å². The van der Waals surface area contributed by atoms with Crippen molar-refractivity contribution in [3.63, 3.8) is 0 Å². The van der Waals surface area contributed by atoms with Crippen LogP contribution in [0.3, 0.4) is 0 Å². The molecule has 3 N–H and O–H groups in total. The molecule has 0 aliphatic carbocycles. The van der Waals surface area contributed by atoms with Gasteiger partial charge in [0.2, 0.25) is 5.91 Å². The van der Waals surface area contributed by atoms with Gasteiger partial charge in [-0.25, -0.2) is 0 Å². The summed E-state index contributed by atoms with van der Waals surface area (Å²) in [4.78, 5) is 13.9. The van der Waals surface area contributed by atoms with E-state index < -0.39 is 5.54 Å². The Morgan fingerprint density at radius 1 is 1.47 bits per heavy atom. The van der Waals surface area contributed by atoms with Gasteiger partial charge < -0.3 is 16.0 Å². The fourth-order valence-electron chi connectivity index (χ4n) is 2.80. The fraction of sp³-hybridized carbons (Fsp3) is 0.933. The third-order valence-corrected chi connectivity index (χ3v) is 4.75. The molecule has 1 fully saturated rings. The van der Waals surface area contributed by atoms with E-state index in [2.05, 4.69) is 24.1 Å². The summed E-state index contributed by atoms with van der Waals surface area (Å²) in [5.41, 5.74) is 4.88. The number of nitrogens with two attached hydrogens (primary N) is 1. The molecule has 0 aromatic carbocycles. The molecule has 4 heteroatoms. The second-order valence-corrected chi connectivity index (χ2v) is 6.50. The number of hydrogen-bond acceptors (Lipinski definition) is 3. The maximum Gasteiger partial charge on any atom is 0.237 e. The average Bonchev–Trinajstić information content (AvgIpc) is 2.83. The Hall–Kier alpha value is -0.610. The van der Waals surface area contributed by atoms with Crippen molar-refractivity contribution in [2.75, 3.05) is 26.7 Å². The highest BCUT2D eigenvalue weighted by Crippen LogP contribution is 2.24. The van der Waals surface area contributed by atoms with Crippen molar-refractivity contribution >= 4 is 5.91 Å². The van der Waals surface area contributed by atoms with Crippen LogP contribution in [-0.4, -0.2) is 43.0 Å². The number of primary amides is 1. The van der Waals surface area contributed by atoms with Gasteiger partial charge in [0.15, 0.2) is 0 Å². The van der Waals surface area contributed by atoms with E-state index in [0.717, 1.165) is 37.6 Å². The van der Waals surface area contributed by atoms with Gasteiger partial charge in [-0.3, -0.25) is 4.79 Å². The van der Waals surface area contributed by atoms with Crippen molar-refractivity contribution < 1.29 is 4.79 Å². The molecule has 2 unspecified atom stereocenters. The van der Waals surface area contributed by atoms with Gasteiger partial charge >= 0.3 is 0 Å². The van der Waals surface area contributed by atoms with Crippen LogP contribution in [0.2, 0.25) is 0 Å². The molecule has 112 valence electrons. The maximum atomic E-state index is 11.4. The van der Waals surface area contributed by atoms with Crippen molar-refractivity contribution in [3.8, 4) is 0 Å². The van der Waals surface area contributed by atoms with Gasteiger partial charge in [0.05, 0.1) is 5.54 Å². The Labute approximate surface area is 118 Å². The molecule has 0 aromatic heterocycles. The number of amides is 1. The van der Waals surface area contributed by atoms with E-state index in [1.54, 1.807) is 7.05 Å². The Bertz CT molecular complexity index is 293. The standard InChI is InChI=1S/C15H31N3O/c1-12(2)13-7-10-18(11-13)9-6-5-8-15(3,17-4)14(16)19/h12-13,17H,5-11H2,1-4H3,(H2,16,19). The molecule has 0 radical (unpaired) electrons. The van der Waals surface area contributed by atoms with Crippen molar-refractivity contribution in [2.45, 2.75) is 52.0 Å². The molecule has 0 spiro atoms. The van der Waals surface area contributed by atoms with Crippen LogP contribution in [0, 0.1) is 11.8 Å². The molecular formula is C15H31N3O. The number of likely N-dealkylation sites (N-methyl/N-ethyl adjacent to an activating group) is 1. The molecule has 1 rings (SSSR count). The number of unbranched alkanes of at least 4 members (excludes halogenated alkanes) is 1. The second-order valence-electron chi connectivity index (χ2n) is 6.50. The monoisotopic (exact) mass is 269 g/mol. The summed E-state index contributed by atoms with van der Waals surface area (Å²) in [6, 6.07) is 0. The number of likely N-dealkylation sites (tertiary alicyclic amines) is 1. The second kappa shape index (κ2) is 7.25. The number of rotatable bonds is 8. The van der Waals surface area contributed by atoms with Gasteiger partial charge in [-0.05, 0) is 64.6 Å². The minimum Gasteiger partial charge on any atom is -0.368 e. The lowest BCUT2D eigenvalue weighted by Gasteiger charge is -2.25. The predicted molar refractivity (Wildman–Crippen MR) is 79.9 cm³/mol. The molecule has 1 aliphatic rings. The van der Waals surface area contributed by atoms with Gasteiger partial charge in [-0.2, -0.15) is 0 Å². The molecule has 0 bridgehead atoms. The predicted octanol–water partition coefficient (Wildman–Crippen LogP) is 1.60. The van der Waals surface area contributed by atoms with E-state index in [4.69, 9.17) is 5.73 Å². The lowest BCUT2D eigenvalue weighted by Crippen LogP contribution is -2.51. The van der Waals surface area contributed by atoms with Crippen LogP contribution in [0.5, 0.6) is 0 Å². The number of carbonyl (C=O) groups excluding carboxylic acids is 1. The summed E-state index contributed by atoms with van der Waals surface area (Å²) in [6.45, 7) is 10.2. The van der Waals surface area contributed by atoms with Crippen LogP contribution in [-0.2, 0) is 4.79 Å². The maximum absolute atomic E-state index is 11.4. The number of carbonyl (C=O) groups is 1. The Morgan fingerprint density at radius 3 is 2.63 bits per heavy atom. The lowest BCUT2D eigenvalue weighted by molar-refractivity contribution is -0.123. The zero-order valence-electron chi connectivity index (χ0n) is 13.0. The first-order valence-corrected chi connectivity index (χ1v) is 7.60. The van der Waals surface area contributed by atoms with Crippen LogP contribution in [0.25, 0.3) is 0 Å². The molecule has 0 aromatic rings. The first-order chi connectivity index (χ1) is 8.89. The summed E-state index contributed by atoms with van der Waals surface area (Å²) >= 11 is 0. The Balaban J connectivity index is 2.20. The molecule has 1 aliphatic heterocycles. The summed E-state index contributed by atoms with van der Waals surface area (Å²) in [7, 11) is 1.80. The van der Waals surface area contributed by atoms with Crippen LogP contribution < -0.4 is 11.1 Å². The quantitative estimate of drug-likeness (QED) is 0.658. The third-order valence-electron chi connectivity index (χ3n) is 4.75. The Kier molecular flexibility index (Phi) is 6.27. The highest BCUT2D eigenvalue weighted by molar-refractivity contribution is 5.84. The third kappa shape index (κ3) is 4.77. The SMILES string of the molecule is CNC(C)(CCCCN1CCC(C(C)C)C1)C(N)=O. The normalized spacial score (nSPS) is 23.7. The van der Waals surface area contributed by atoms with Gasteiger partial charge in [0.25, 0.3) is 0 Å². The topological polar surface area (TPSA) is 58.4 Å². The summed E-state index contributed by atoms with van der Waals surface area (Å²) in [6.07, 6.45) is 4.35. The van der Waals surface area contributed by atoms with Crippen molar-refractivity contribution in [3.05, 3.63) is 0 Å². The summed E-state index contributed by atoms with van der Waals surface area (Å²) in [5.74, 6) is 1.41. The van der Waals surface area contributed by atoms with E-state index in [1.807, 2.05) is 6.92 Å². The molecule has 2 atom stereocenters. The smallest absolute Gasteiger partial charge is 0.237 e. The van der Waals surface area contributed by atoms with Crippen LogP contribution in [0.4, 0.5) is 0 Å². The van der Waals surface area contributed by atoms with Crippen molar-refractivity contribution in [1.29, 1.82) is 0 Å². The van der Waals surface area contributed by atoms with E-state index in [-0.39, 0.29) is 5.91 Å². The molecule has 1 saturated heterocycles. The highest BCUT2D eigenvalue weighted by atomic mass is 16.1. The van der Waals surface area contributed by atoms with E-state index in [1.165, 1.54) is 19.5 Å². The van der Waals surface area contributed by atoms with Gasteiger partial charge in [-0.15, -0.1) is 0 Å². The lowest BCUT2D eigenvalue weighted by atomic mass is 9.94. The van der Waals surface area contributed by atoms with Crippen LogP contribution >= 0.6 is 0 Å². The number of nitrogens with one attached hydrogen (secondary N) is 1. The first-order valence-electron chi connectivity index (χ1n) is 7.60. The van der Waals surface area contributed by atoms with E-state index in [9.17, 15) is 4.79 Å². The van der Waals surface area contributed by atoms with Crippen LogP contribution in [0.1, 0.15) is 46.5 Å². The highest BCUT2D eigenvalue weighted by Gasteiger charge is 2.28. The molecule has 1 amide bonds.